The molecule has 0 amide bonds. The number of likely N-dealkylation sites (tertiary alicyclic amines) is 1. The van der Waals surface area contributed by atoms with Crippen LogP contribution in [0.4, 0.5) is 0 Å². The first-order valence-corrected chi connectivity index (χ1v) is 11.1. The summed E-state index contributed by atoms with van der Waals surface area (Å²) in [7, 11) is 0. The number of piperidine rings is 1. The number of para-hydroxylation sites is 2. The van der Waals surface area contributed by atoms with E-state index in [1.54, 1.807) is 6.07 Å². The molecule has 30 heavy (non-hydrogen) atoms. The van der Waals surface area contributed by atoms with Crippen molar-refractivity contribution in [2.75, 3.05) is 19.6 Å². The Bertz CT molecular complexity index is 1230. The topological polar surface area (TPSA) is 41.0 Å². The minimum absolute atomic E-state index is 0.115. The molecule has 1 N–H and O–H groups in total. The van der Waals surface area contributed by atoms with Crippen molar-refractivity contribution >= 4 is 21.8 Å². The number of aromatic amines is 1. The van der Waals surface area contributed by atoms with Crippen LogP contribution in [-0.4, -0.2) is 34.1 Å². The molecular weight excluding hydrogens is 370 g/mol. The molecule has 154 valence electrons. The lowest BCUT2D eigenvalue weighted by Gasteiger charge is -2.32. The predicted molar refractivity (Wildman–Crippen MR) is 124 cm³/mol. The summed E-state index contributed by atoms with van der Waals surface area (Å²) < 4.78 is 1.95. The van der Waals surface area contributed by atoms with Crippen molar-refractivity contribution < 1.29 is 0 Å². The highest BCUT2D eigenvalue weighted by atomic mass is 16.1. The van der Waals surface area contributed by atoms with E-state index in [0.29, 0.717) is 5.92 Å². The average Bonchev–Trinajstić information content (AvgIpc) is 3.21. The van der Waals surface area contributed by atoms with Crippen LogP contribution in [0.15, 0.2) is 65.6 Å². The number of aromatic nitrogens is 2. The fourth-order valence-corrected chi connectivity index (χ4v) is 5.08. The van der Waals surface area contributed by atoms with Crippen LogP contribution >= 0.6 is 0 Å². The molecule has 1 saturated heterocycles. The van der Waals surface area contributed by atoms with Crippen molar-refractivity contribution in [1.29, 1.82) is 0 Å². The van der Waals surface area contributed by atoms with Crippen LogP contribution in [0.25, 0.3) is 21.8 Å². The number of nitrogens with zero attached hydrogens (tertiary/aromatic N) is 2. The SMILES string of the molecule is Cc1cc(=O)n(CCCN2CCC(c3c[nH]c4ccccc34)CC2)c2ccccc12. The lowest BCUT2D eigenvalue weighted by Crippen LogP contribution is -2.34. The van der Waals surface area contributed by atoms with E-state index in [1.165, 1.54) is 34.7 Å². The molecule has 2 aromatic carbocycles. The van der Waals surface area contributed by atoms with Crippen molar-refractivity contribution in [3.05, 3.63) is 82.3 Å². The monoisotopic (exact) mass is 399 g/mol. The predicted octanol–water partition coefficient (Wildman–Crippen LogP) is 5.06. The maximum atomic E-state index is 12.6. The molecule has 0 saturated carbocycles. The second-order valence-corrected chi connectivity index (χ2v) is 8.59. The number of H-pyrrole nitrogens is 1. The molecule has 0 atom stereocenters. The second kappa shape index (κ2) is 8.11. The third-order valence-electron chi connectivity index (χ3n) is 6.73. The van der Waals surface area contributed by atoms with Gasteiger partial charge < -0.3 is 14.5 Å². The van der Waals surface area contributed by atoms with Gasteiger partial charge in [0.05, 0.1) is 5.52 Å². The lowest BCUT2D eigenvalue weighted by atomic mass is 9.89. The van der Waals surface area contributed by atoms with Crippen molar-refractivity contribution in [3.8, 4) is 0 Å². The van der Waals surface area contributed by atoms with Crippen molar-refractivity contribution in [3.63, 3.8) is 0 Å². The van der Waals surface area contributed by atoms with Crippen molar-refractivity contribution in [2.45, 2.75) is 38.6 Å². The minimum Gasteiger partial charge on any atom is -0.361 e. The molecule has 3 heterocycles. The normalized spacial score (nSPS) is 15.9. The van der Waals surface area contributed by atoms with E-state index in [-0.39, 0.29) is 5.56 Å². The number of hydrogen-bond donors (Lipinski definition) is 1. The zero-order valence-corrected chi connectivity index (χ0v) is 17.6. The lowest BCUT2D eigenvalue weighted by molar-refractivity contribution is 0.207. The number of benzene rings is 2. The van der Waals surface area contributed by atoms with Crippen molar-refractivity contribution in [1.82, 2.24) is 14.5 Å². The molecule has 1 fully saturated rings. The minimum atomic E-state index is 0.115. The largest absolute Gasteiger partial charge is 0.361 e. The quantitative estimate of drug-likeness (QED) is 0.510. The van der Waals surface area contributed by atoms with E-state index in [9.17, 15) is 4.79 Å². The first-order valence-electron chi connectivity index (χ1n) is 11.1. The highest BCUT2D eigenvalue weighted by molar-refractivity contribution is 5.83. The molecule has 0 spiro atoms. The van der Waals surface area contributed by atoms with Crippen LogP contribution < -0.4 is 5.56 Å². The first-order chi connectivity index (χ1) is 14.7. The van der Waals surface area contributed by atoms with Gasteiger partial charge in [0.2, 0.25) is 0 Å². The Kier molecular flexibility index (Phi) is 5.17. The summed E-state index contributed by atoms with van der Waals surface area (Å²) in [6.45, 7) is 6.12. The molecule has 0 unspecified atom stereocenters. The van der Waals surface area contributed by atoms with Gasteiger partial charge in [0.1, 0.15) is 0 Å². The number of aryl methyl sites for hydroxylation is 2. The van der Waals surface area contributed by atoms with Gasteiger partial charge in [0, 0.05) is 35.1 Å². The van der Waals surface area contributed by atoms with Crippen LogP contribution in [0.3, 0.4) is 0 Å². The Morgan fingerprint density at radius 2 is 1.70 bits per heavy atom. The molecule has 0 aliphatic carbocycles. The number of nitrogens with one attached hydrogen (secondary N) is 1. The maximum absolute atomic E-state index is 12.6. The van der Waals surface area contributed by atoms with Crippen molar-refractivity contribution in [2.24, 2.45) is 0 Å². The van der Waals surface area contributed by atoms with Gasteiger partial charge in [-0.15, -0.1) is 0 Å². The summed E-state index contributed by atoms with van der Waals surface area (Å²) in [6, 6.07) is 18.6. The summed E-state index contributed by atoms with van der Waals surface area (Å²) >= 11 is 0. The van der Waals surface area contributed by atoms with Gasteiger partial charge in [0.15, 0.2) is 0 Å². The summed E-state index contributed by atoms with van der Waals surface area (Å²) in [5, 5.41) is 2.55. The van der Waals surface area contributed by atoms with E-state index in [4.69, 9.17) is 0 Å². The molecular formula is C26H29N3O. The van der Waals surface area contributed by atoms with E-state index < -0.39 is 0 Å². The zero-order chi connectivity index (χ0) is 20.5. The molecule has 2 aromatic heterocycles. The van der Waals surface area contributed by atoms with E-state index in [0.717, 1.165) is 43.7 Å². The van der Waals surface area contributed by atoms with Gasteiger partial charge in [-0.05, 0) is 75.0 Å². The third kappa shape index (κ3) is 3.56. The summed E-state index contributed by atoms with van der Waals surface area (Å²) in [6.07, 6.45) is 5.62. The van der Waals surface area contributed by atoms with E-state index in [1.807, 2.05) is 23.6 Å². The summed E-state index contributed by atoms with van der Waals surface area (Å²) in [5.41, 5.74) is 4.95. The molecule has 4 aromatic rings. The maximum Gasteiger partial charge on any atom is 0.251 e. The smallest absolute Gasteiger partial charge is 0.251 e. The fourth-order valence-electron chi connectivity index (χ4n) is 5.08. The standard InChI is InChI=1S/C26H29N3O/c1-19-17-26(30)29(25-10-5-3-7-21(19)25)14-6-13-28-15-11-20(12-16-28)23-18-27-24-9-4-2-8-22(23)24/h2-5,7-10,17-18,20,27H,6,11-16H2,1H3. The molecule has 5 rings (SSSR count). The highest BCUT2D eigenvalue weighted by Crippen LogP contribution is 2.33. The third-order valence-corrected chi connectivity index (χ3v) is 6.73. The van der Waals surface area contributed by atoms with Gasteiger partial charge in [0.25, 0.3) is 5.56 Å². The molecule has 1 aliphatic heterocycles. The Morgan fingerprint density at radius 1 is 0.967 bits per heavy atom. The van der Waals surface area contributed by atoms with Gasteiger partial charge in [-0.25, -0.2) is 0 Å². The molecule has 1 aliphatic rings. The average molecular weight is 400 g/mol. The molecule has 0 bridgehead atoms. The number of rotatable bonds is 5. The first kappa shape index (κ1) is 19.1. The molecule has 4 nitrogen and oxygen atoms in total. The van der Waals surface area contributed by atoms with Gasteiger partial charge in [-0.2, -0.15) is 0 Å². The van der Waals surface area contributed by atoms with Crippen LogP contribution in [0.1, 0.15) is 36.3 Å². The van der Waals surface area contributed by atoms with Crippen LogP contribution in [0.2, 0.25) is 0 Å². The number of fused-ring (bicyclic) bond motifs is 2. The second-order valence-electron chi connectivity index (χ2n) is 8.59. The summed E-state index contributed by atoms with van der Waals surface area (Å²) in [4.78, 5) is 18.6. The fraction of sp³-hybridized carbons (Fsp3) is 0.346. The number of hydrogen-bond acceptors (Lipinski definition) is 2. The van der Waals surface area contributed by atoms with E-state index >= 15 is 0 Å². The van der Waals surface area contributed by atoms with Gasteiger partial charge in [-0.1, -0.05) is 36.4 Å². The number of pyridine rings is 1. The summed E-state index contributed by atoms with van der Waals surface area (Å²) in [5.74, 6) is 0.640. The Hall–Kier alpha value is -2.85. The molecule has 4 heteroatoms. The zero-order valence-electron chi connectivity index (χ0n) is 17.6. The van der Waals surface area contributed by atoms with Crippen LogP contribution in [0.5, 0.6) is 0 Å². The molecule has 0 radical (unpaired) electrons. The van der Waals surface area contributed by atoms with E-state index in [2.05, 4.69) is 52.5 Å². The van der Waals surface area contributed by atoms with Gasteiger partial charge in [-0.3, -0.25) is 4.79 Å². The van der Waals surface area contributed by atoms with Crippen LogP contribution in [0, 0.1) is 6.92 Å². The Labute approximate surface area is 177 Å². The van der Waals surface area contributed by atoms with Gasteiger partial charge >= 0.3 is 0 Å². The Balaban J connectivity index is 1.20. The highest BCUT2D eigenvalue weighted by Gasteiger charge is 2.22. The van der Waals surface area contributed by atoms with Crippen LogP contribution in [-0.2, 0) is 6.54 Å². The Morgan fingerprint density at radius 3 is 2.53 bits per heavy atom.